The third kappa shape index (κ3) is 2.33. The van der Waals surface area contributed by atoms with E-state index in [4.69, 9.17) is 14.7 Å². The van der Waals surface area contributed by atoms with Crippen LogP contribution in [0.2, 0.25) is 0 Å². The van der Waals surface area contributed by atoms with Crippen molar-refractivity contribution in [2.75, 3.05) is 6.79 Å². The van der Waals surface area contributed by atoms with Crippen molar-refractivity contribution in [3.05, 3.63) is 28.7 Å². The molecule has 2 rings (SSSR count). The summed E-state index contributed by atoms with van der Waals surface area (Å²) in [5, 5.41) is 11.5. The number of nitroso groups, excluding NO2 is 1. The molecule has 0 spiro atoms. The van der Waals surface area contributed by atoms with Gasteiger partial charge in [-0.1, -0.05) is 6.07 Å². The Morgan fingerprint density at radius 3 is 2.87 bits per heavy atom. The summed E-state index contributed by atoms with van der Waals surface area (Å²) in [5.74, 6) is 1.28. The first-order valence-electron chi connectivity index (χ1n) is 3.98. The number of hydrogen-bond acceptors (Lipinski definition) is 6. The van der Waals surface area contributed by atoms with Gasteiger partial charge < -0.3 is 15.6 Å². The number of hydrogen-bond donors (Lipinski definition) is 2. The first kappa shape index (κ1) is 11.2. The molecular weight excluding hydrogens is 202 g/mol. The van der Waals surface area contributed by atoms with E-state index < -0.39 is 0 Å². The fourth-order valence-electron chi connectivity index (χ4n) is 1.23. The summed E-state index contributed by atoms with van der Waals surface area (Å²) in [6.45, 7) is 0.230. The van der Waals surface area contributed by atoms with E-state index in [1.807, 2.05) is 0 Å². The Bertz CT molecular complexity index is 358. The molecule has 0 fully saturated rings. The van der Waals surface area contributed by atoms with Gasteiger partial charge in [0, 0.05) is 0 Å². The summed E-state index contributed by atoms with van der Waals surface area (Å²) in [6.07, 6.45) is 0. The van der Waals surface area contributed by atoms with Gasteiger partial charge in [-0.3, -0.25) is 5.21 Å². The van der Waals surface area contributed by atoms with Crippen LogP contribution >= 0.6 is 0 Å². The van der Waals surface area contributed by atoms with Crippen LogP contribution in [0, 0.1) is 4.91 Å². The average molecular weight is 213 g/mol. The molecule has 0 bridgehead atoms. The minimum atomic E-state index is 0. The second-order valence-corrected chi connectivity index (χ2v) is 2.80. The maximum Gasteiger partial charge on any atom is 0.231 e. The Hall–Kier alpha value is -1.86. The van der Waals surface area contributed by atoms with E-state index in [0.29, 0.717) is 16.7 Å². The van der Waals surface area contributed by atoms with Crippen molar-refractivity contribution in [2.45, 2.75) is 6.54 Å². The first-order valence-corrected chi connectivity index (χ1v) is 3.98. The van der Waals surface area contributed by atoms with Crippen LogP contribution in [0.15, 0.2) is 23.5 Å². The van der Waals surface area contributed by atoms with Crippen LogP contribution in [0.3, 0.4) is 0 Å². The van der Waals surface area contributed by atoms with Gasteiger partial charge >= 0.3 is 0 Å². The standard InChI is InChI=1S/C8H8N2O4.H3N/c11-9-10(12)4-6-1-2-7-8(3-6)14-5-13-7;/h1-3,12H,4-5H2;1H3. The summed E-state index contributed by atoms with van der Waals surface area (Å²) >= 11 is 0. The highest BCUT2D eigenvalue weighted by atomic mass is 16.7. The van der Waals surface area contributed by atoms with Crippen molar-refractivity contribution in [2.24, 2.45) is 5.29 Å². The maximum absolute atomic E-state index is 9.91. The predicted octanol–water partition coefficient (Wildman–Crippen LogP) is 1.45. The Morgan fingerprint density at radius 2 is 2.13 bits per heavy atom. The first-order chi connectivity index (χ1) is 6.79. The fourth-order valence-corrected chi connectivity index (χ4v) is 1.23. The second-order valence-electron chi connectivity index (χ2n) is 2.80. The van der Waals surface area contributed by atoms with Gasteiger partial charge in [-0.2, -0.15) is 0 Å². The van der Waals surface area contributed by atoms with Crippen LogP contribution in [0.4, 0.5) is 0 Å². The molecule has 0 amide bonds. The molecule has 0 aromatic heterocycles. The number of benzene rings is 1. The van der Waals surface area contributed by atoms with E-state index >= 15 is 0 Å². The maximum atomic E-state index is 9.91. The van der Waals surface area contributed by atoms with Crippen molar-refractivity contribution in [3.63, 3.8) is 0 Å². The summed E-state index contributed by atoms with van der Waals surface area (Å²) in [7, 11) is 0. The lowest BCUT2D eigenvalue weighted by atomic mass is 10.2. The highest BCUT2D eigenvalue weighted by Gasteiger charge is 2.13. The van der Waals surface area contributed by atoms with Gasteiger partial charge in [-0.15, -0.1) is 10.1 Å². The molecule has 4 N–H and O–H groups in total. The Kier molecular flexibility index (Phi) is 3.42. The summed E-state index contributed by atoms with van der Waals surface area (Å²) in [6, 6.07) is 5.13. The molecule has 0 saturated heterocycles. The lowest BCUT2D eigenvalue weighted by molar-refractivity contribution is -0.100. The minimum Gasteiger partial charge on any atom is -0.454 e. The van der Waals surface area contributed by atoms with E-state index in [2.05, 4.69) is 5.29 Å². The molecule has 1 aromatic carbocycles. The largest absolute Gasteiger partial charge is 0.454 e. The van der Waals surface area contributed by atoms with Crippen LogP contribution < -0.4 is 15.6 Å². The van der Waals surface area contributed by atoms with Crippen LogP contribution in [-0.4, -0.2) is 17.2 Å². The molecule has 0 aliphatic carbocycles. The van der Waals surface area contributed by atoms with E-state index in [1.165, 1.54) is 0 Å². The molecule has 0 unspecified atom stereocenters. The van der Waals surface area contributed by atoms with Gasteiger partial charge in [0.15, 0.2) is 11.5 Å². The quantitative estimate of drug-likeness (QED) is 0.581. The molecule has 82 valence electrons. The van der Waals surface area contributed by atoms with E-state index in [-0.39, 0.29) is 19.5 Å². The number of nitrogens with zero attached hydrogens (tertiary/aromatic N) is 2. The van der Waals surface area contributed by atoms with Crippen molar-refractivity contribution < 1.29 is 14.7 Å². The molecule has 1 heterocycles. The van der Waals surface area contributed by atoms with Crippen molar-refractivity contribution in [3.8, 4) is 11.5 Å². The van der Waals surface area contributed by atoms with Crippen LogP contribution in [0.5, 0.6) is 11.5 Å². The van der Waals surface area contributed by atoms with Gasteiger partial charge in [0.1, 0.15) is 0 Å². The predicted molar refractivity (Wildman–Crippen MR) is 50.7 cm³/mol. The number of rotatable bonds is 3. The number of fused-ring (bicyclic) bond motifs is 1. The fraction of sp³-hybridized carbons (Fsp3) is 0.250. The molecule has 1 aromatic rings. The average Bonchev–Trinajstić information content (AvgIpc) is 2.64. The summed E-state index contributed by atoms with van der Waals surface area (Å²) in [4.78, 5) is 9.91. The summed E-state index contributed by atoms with van der Waals surface area (Å²) in [5.41, 5.74) is 0.719. The lowest BCUT2D eigenvalue weighted by Gasteiger charge is -2.06. The molecule has 1 aliphatic rings. The summed E-state index contributed by atoms with van der Waals surface area (Å²) < 4.78 is 10.2. The second kappa shape index (κ2) is 4.58. The van der Waals surface area contributed by atoms with Gasteiger partial charge in [-0.25, -0.2) is 0 Å². The van der Waals surface area contributed by atoms with E-state index in [9.17, 15) is 4.91 Å². The monoisotopic (exact) mass is 213 g/mol. The highest BCUT2D eigenvalue weighted by molar-refractivity contribution is 5.44. The zero-order valence-electron chi connectivity index (χ0n) is 7.92. The van der Waals surface area contributed by atoms with Gasteiger partial charge in [0.25, 0.3) is 0 Å². The Balaban J connectivity index is 0.00000112. The van der Waals surface area contributed by atoms with Crippen molar-refractivity contribution in [1.29, 1.82) is 0 Å². The molecule has 1 aliphatic heterocycles. The third-order valence-electron chi connectivity index (χ3n) is 1.86. The zero-order chi connectivity index (χ0) is 9.97. The zero-order valence-corrected chi connectivity index (χ0v) is 7.92. The molecule has 0 atom stereocenters. The number of hydroxylamine groups is 1. The molecule has 0 radical (unpaired) electrons. The van der Waals surface area contributed by atoms with E-state index in [1.54, 1.807) is 18.2 Å². The minimum absolute atomic E-state index is 0. The SMILES string of the molecule is N.O=NN(O)Cc1ccc2c(c1)OCO2. The topological polar surface area (TPSA) is 106 Å². The molecule has 15 heavy (non-hydrogen) atoms. The highest BCUT2D eigenvalue weighted by Crippen LogP contribution is 2.32. The Morgan fingerprint density at radius 1 is 1.40 bits per heavy atom. The van der Waals surface area contributed by atoms with Crippen molar-refractivity contribution >= 4 is 0 Å². The van der Waals surface area contributed by atoms with Crippen LogP contribution in [0.1, 0.15) is 5.56 Å². The molecular formula is C8H11N3O4. The number of ether oxygens (including phenoxy) is 2. The van der Waals surface area contributed by atoms with E-state index in [0.717, 1.165) is 5.56 Å². The third-order valence-corrected chi connectivity index (χ3v) is 1.86. The van der Waals surface area contributed by atoms with Gasteiger partial charge in [-0.05, 0) is 17.7 Å². The molecule has 0 saturated carbocycles. The van der Waals surface area contributed by atoms with Crippen LogP contribution in [-0.2, 0) is 6.54 Å². The molecule has 7 heteroatoms. The lowest BCUT2D eigenvalue weighted by Crippen LogP contribution is -2.09. The van der Waals surface area contributed by atoms with Crippen molar-refractivity contribution in [1.82, 2.24) is 11.3 Å². The van der Waals surface area contributed by atoms with Crippen LogP contribution in [0.25, 0.3) is 0 Å². The molecule has 7 nitrogen and oxygen atoms in total. The smallest absolute Gasteiger partial charge is 0.231 e. The van der Waals surface area contributed by atoms with Gasteiger partial charge in [0.05, 0.1) is 11.8 Å². The van der Waals surface area contributed by atoms with Gasteiger partial charge in [0.2, 0.25) is 6.79 Å². The Labute approximate surface area is 85.7 Å². The normalized spacial score (nSPS) is 11.8.